The summed E-state index contributed by atoms with van der Waals surface area (Å²) in [6.07, 6.45) is 13.7. The summed E-state index contributed by atoms with van der Waals surface area (Å²) in [4.78, 5) is 4.33. The second-order valence-electron chi connectivity index (χ2n) is 6.80. The summed E-state index contributed by atoms with van der Waals surface area (Å²) in [5, 5.41) is 2.30. The Morgan fingerprint density at radius 2 is 1.93 bits per heavy atom. The molecule has 148 valence electrons. The van der Waals surface area contributed by atoms with Crippen LogP contribution in [0.3, 0.4) is 0 Å². The molecule has 1 aromatic heterocycles. The number of fused-ring (bicyclic) bond motifs is 1. The predicted octanol–water partition coefficient (Wildman–Crippen LogP) is 5.44. The Labute approximate surface area is 174 Å². The van der Waals surface area contributed by atoms with Crippen molar-refractivity contribution in [2.24, 2.45) is 11.5 Å². The van der Waals surface area contributed by atoms with Gasteiger partial charge in [-0.1, -0.05) is 42.2 Å². The monoisotopic (exact) mass is 383 g/mol. The summed E-state index contributed by atoms with van der Waals surface area (Å²) in [7, 11) is 0. The average molecular weight is 384 g/mol. The van der Waals surface area contributed by atoms with Gasteiger partial charge in [-0.2, -0.15) is 0 Å². The van der Waals surface area contributed by atoms with Gasteiger partial charge < -0.3 is 11.5 Å². The normalized spacial score (nSPS) is 13.7. The number of aryl methyl sites for hydroxylation is 1. The first-order valence-corrected chi connectivity index (χ1v) is 9.66. The smallest absolute Gasteiger partial charge is 0.0450 e. The minimum Gasteiger partial charge on any atom is -0.405 e. The molecular formula is C26H29N3. The SMILES string of the molecule is C\C=C/C=C(C)/C(N)=C(C)\C(=C\C=C\N)CC#Cc1ccc2c(C)nccc2c1. The summed E-state index contributed by atoms with van der Waals surface area (Å²) in [6.45, 7) is 8.02. The fourth-order valence-corrected chi connectivity index (χ4v) is 2.94. The summed E-state index contributed by atoms with van der Waals surface area (Å²) >= 11 is 0. The van der Waals surface area contributed by atoms with Crippen LogP contribution in [0.25, 0.3) is 10.8 Å². The van der Waals surface area contributed by atoms with Crippen LogP contribution < -0.4 is 11.5 Å². The Balaban J connectivity index is 2.31. The van der Waals surface area contributed by atoms with Crippen LogP contribution in [0.2, 0.25) is 0 Å². The van der Waals surface area contributed by atoms with Crippen molar-refractivity contribution in [2.45, 2.75) is 34.1 Å². The largest absolute Gasteiger partial charge is 0.405 e. The molecule has 3 heteroatoms. The Kier molecular flexibility index (Phi) is 8.06. The number of pyridine rings is 1. The van der Waals surface area contributed by atoms with Crippen LogP contribution in [-0.4, -0.2) is 4.98 Å². The molecule has 4 N–H and O–H groups in total. The molecule has 2 rings (SSSR count). The van der Waals surface area contributed by atoms with E-state index in [2.05, 4.69) is 29.0 Å². The molecule has 0 spiro atoms. The lowest BCUT2D eigenvalue weighted by Crippen LogP contribution is -2.04. The topological polar surface area (TPSA) is 64.9 Å². The van der Waals surface area contributed by atoms with Crippen LogP contribution in [-0.2, 0) is 0 Å². The maximum Gasteiger partial charge on any atom is 0.0450 e. The highest BCUT2D eigenvalue weighted by Crippen LogP contribution is 2.20. The lowest BCUT2D eigenvalue weighted by atomic mass is 9.98. The van der Waals surface area contributed by atoms with Gasteiger partial charge in [-0.05, 0) is 80.3 Å². The molecule has 0 aliphatic carbocycles. The first kappa shape index (κ1) is 21.8. The summed E-state index contributed by atoms with van der Waals surface area (Å²) in [5.74, 6) is 6.54. The highest BCUT2D eigenvalue weighted by Gasteiger charge is 2.05. The standard InChI is InChI=1S/C26H29N3/c1-5-6-9-19(2)26(28)20(3)23(12-8-16-27)11-7-10-22-13-14-25-21(4)29-17-15-24(25)18-22/h5-6,8-9,12-18H,11,27-28H2,1-4H3/b6-5-,16-8+,19-9+,23-12+,26-20+. The molecule has 0 saturated carbocycles. The number of rotatable bonds is 5. The molecule has 1 aromatic carbocycles. The highest BCUT2D eigenvalue weighted by molar-refractivity contribution is 5.85. The number of hydrogen-bond donors (Lipinski definition) is 2. The first-order chi connectivity index (χ1) is 14.0. The average Bonchev–Trinajstić information content (AvgIpc) is 2.73. The maximum atomic E-state index is 6.36. The molecule has 0 bridgehead atoms. The van der Waals surface area contributed by atoms with Crippen LogP contribution in [0.1, 0.15) is 38.4 Å². The van der Waals surface area contributed by atoms with Crippen LogP contribution >= 0.6 is 0 Å². The van der Waals surface area contributed by atoms with Gasteiger partial charge in [-0.25, -0.2) is 0 Å². The van der Waals surface area contributed by atoms with Crippen molar-refractivity contribution < 1.29 is 0 Å². The van der Waals surface area contributed by atoms with E-state index in [-0.39, 0.29) is 0 Å². The number of hydrogen-bond acceptors (Lipinski definition) is 3. The van der Waals surface area contributed by atoms with E-state index in [1.54, 1.807) is 0 Å². The van der Waals surface area contributed by atoms with Crippen molar-refractivity contribution >= 4 is 10.8 Å². The van der Waals surface area contributed by atoms with Gasteiger partial charge in [0.2, 0.25) is 0 Å². The molecule has 0 unspecified atom stereocenters. The molecule has 3 nitrogen and oxygen atoms in total. The molecular weight excluding hydrogens is 354 g/mol. The van der Waals surface area contributed by atoms with Gasteiger partial charge >= 0.3 is 0 Å². The van der Waals surface area contributed by atoms with Crippen LogP contribution in [0, 0.1) is 18.8 Å². The zero-order valence-corrected chi connectivity index (χ0v) is 17.7. The van der Waals surface area contributed by atoms with Crippen molar-refractivity contribution in [3.05, 3.63) is 101 Å². The van der Waals surface area contributed by atoms with Crippen molar-refractivity contribution in [1.29, 1.82) is 0 Å². The minimum absolute atomic E-state index is 0.585. The third-order valence-corrected chi connectivity index (χ3v) is 4.73. The van der Waals surface area contributed by atoms with Crippen molar-refractivity contribution in [3.8, 4) is 11.8 Å². The van der Waals surface area contributed by atoms with Crippen LogP contribution in [0.5, 0.6) is 0 Å². The van der Waals surface area contributed by atoms with Gasteiger partial charge in [0.1, 0.15) is 0 Å². The zero-order valence-electron chi connectivity index (χ0n) is 17.7. The van der Waals surface area contributed by atoms with E-state index in [1.807, 2.05) is 76.4 Å². The molecule has 0 aliphatic rings. The quantitative estimate of drug-likeness (QED) is 0.534. The van der Waals surface area contributed by atoms with E-state index in [9.17, 15) is 0 Å². The lowest BCUT2D eigenvalue weighted by Gasteiger charge is -2.10. The molecule has 0 saturated heterocycles. The summed E-state index contributed by atoms with van der Waals surface area (Å²) in [6, 6.07) is 8.22. The number of nitrogens with two attached hydrogens (primary N) is 2. The molecule has 0 radical (unpaired) electrons. The molecule has 0 atom stereocenters. The summed E-state index contributed by atoms with van der Waals surface area (Å²) < 4.78 is 0. The number of aromatic nitrogens is 1. The van der Waals surface area contributed by atoms with E-state index in [0.717, 1.165) is 44.4 Å². The molecule has 2 aromatic rings. The van der Waals surface area contributed by atoms with Gasteiger partial charge in [0, 0.05) is 35.0 Å². The fourth-order valence-electron chi connectivity index (χ4n) is 2.94. The van der Waals surface area contributed by atoms with Gasteiger partial charge in [0.05, 0.1) is 0 Å². The van der Waals surface area contributed by atoms with E-state index in [1.165, 1.54) is 6.20 Å². The van der Waals surface area contributed by atoms with Crippen molar-refractivity contribution in [1.82, 2.24) is 4.98 Å². The van der Waals surface area contributed by atoms with E-state index in [4.69, 9.17) is 11.5 Å². The minimum atomic E-state index is 0.585. The number of allylic oxidation sites excluding steroid dienone is 8. The van der Waals surface area contributed by atoms with E-state index < -0.39 is 0 Å². The lowest BCUT2D eigenvalue weighted by molar-refractivity contribution is 1.15. The molecule has 1 heterocycles. The first-order valence-electron chi connectivity index (χ1n) is 9.66. The maximum absolute atomic E-state index is 6.36. The van der Waals surface area contributed by atoms with Crippen molar-refractivity contribution in [2.75, 3.05) is 0 Å². The second-order valence-corrected chi connectivity index (χ2v) is 6.80. The Morgan fingerprint density at radius 1 is 1.14 bits per heavy atom. The second kappa shape index (κ2) is 10.7. The Hall–Kier alpha value is -3.51. The van der Waals surface area contributed by atoms with Crippen molar-refractivity contribution in [3.63, 3.8) is 0 Å². The van der Waals surface area contributed by atoms with Crippen LogP contribution in [0.15, 0.2) is 89.5 Å². The predicted molar refractivity (Wildman–Crippen MR) is 125 cm³/mol. The Morgan fingerprint density at radius 3 is 2.66 bits per heavy atom. The fraction of sp³-hybridized carbons (Fsp3) is 0.192. The summed E-state index contributed by atoms with van der Waals surface area (Å²) in [5.41, 5.74) is 17.7. The van der Waals surface area contributed by atoms with E-state index >= 15 is 0 Å². The Bertz CT molecular complexity index is 1080. The van der Waals surface area contributed by atoms with E-state index in [0.29, 0.717) is 6.42 Å². The molecule has 0 fully saturated rings. The number of nitrogens with zero attached hydrogens (tertiary/aromatic N) is 1. The third kappa shape index (κ3) is 5.99. The van der Waals surface area contributed by atoms with Gasteiger partial charge in [0.25, 0.3) is 0 Å². The van der Waals surface area contributed by atoms with Crippen LogP contribution in [0.4, 0.5) is 0 Å². The van der Waals surface area contributed by atoms with Gasteiger partial charge in [-0.3, -0.25) is 4.98 Å². The van der Waals surface area contributed by atoms with Gasteiger partial charge in [-0.15, -0.1) is 0 Å². The molecule has 29 heavy (non-hydrogen) atoms. The number of benzene rings is 1. The van der Waals surface area contributed by atoms with Gasteiger partial charge in [0.15, 0.2) is 0 Å². The molecule has 0 amide bonds. The zero-order chi connectivity index (χ0) is 21.2. The highest BCUT2D eigenvalue weighted by atomic mass is 14.7. The molecule has 0 aliphatic heterocycles. The third-order valence-electron chi connectivity index (χ3n) is 4.73.